The van der Waals surface area contributed by atoms with Gasteiger partial charge in [0.15, 0.2) is 0 Å². The molecule has 6 rings (SSSR count). The summed E-state index contributed by atoms with van der Waals surface area (Å²) in [5.74, 6) is -1.04. The van der Waals surface area contributed by atoms with Crippen LogP contribution < -0.4 is 4.90 Å². The van der Waals surface area contributed by atoms with E-state index in [4.69, 9.17) is 11.6 Å². The molecule has 0 amide bonds. The average Bonchev–Trinajstić information content (AvgIpc) is 3.44. The predicted octanol–water partition coefficient (Wildman–Crippen LogP) is 8.49. The number of anilines is 1. The highest BCUT2D eigenvalue weighted by atomic mass is 35.5. The van der Waals surface area contributed by atoms with Crippen molar-refractivity contribution >= 4 is 28.7 Å². The van der Waals surface area contributed by atoms with Crippen molar-refractivity contribution in [2.75, 3.05) is 37.6 Å². The Kier molecular flexibility index (Phi) is 11.8. The van der Waals surface area contributed by atoms with Gasteiger partial charge < -0.3 is 4.90 Å². The maximum absolute atomic E-state index is 15.3. The number of nitrogens with zero attached hydrogens (tertiary/aromatic N) is 5. The Bertz CT molecular complexity index is 1390. The van der Waals surface area contributed by atoms with Gasteiger partial charge in [0.2, 0.25) is 0 Å². The van der Waals surface area contributed by atoms with Crippen LogP contribution in [0.15, 0.2) is 71.0 Å². The minimum Gasteiger partial charge on any atom is -0.340 e. The molecule has 3 fully saturated rings. The number of halogens is 5. The van der Waals surface area contributed by atoms with E-state index in [1.54, 1.807) is 18.2 Å². The van der Waals surface area contributed by atoms with Crippen LogP contribution in [0.25, 0.3) is 0 Å². The van der Waals surface area contributed by atoms with Crippen LogP contribution in [0.2, 0.25) is 5.02 Å². The summed E-state index contributed by atoms with van der Waals surface area (Å²) in [6, 6.07) is 9.66. The molecule has 0 atom stereocenters. The molecule has 2 saturated carbocycles. The molecule has 2 aromatic carbocycles. The summed E-state index contributed by atoms with van der Waals surface area (Å²) in [5.41, 5.74) is 3.54. The molecule has 2 aromatic rings. The van der Waals surface area contributed by atoms with E-state index in [0.717, 1.165) is 31.9 Å². The Hall–Kier alpha value is -3.01. The summed E-state index contributed by atoms with van der Waals surface area (Å²) >= 11 is 6.08. The van der Waals surface area contributed by atoms with Gasteiger partial charge in [0.25, 0.3) is 6.43 Å². The van der Waals surface area contributed by atoms with Crippen molar-refractivity contribution in [3.63, 3.8) is 0 Å². The zero-order valence-corrected chi connectivity index (χ0v) is 25.1. The van der Waals surface area contributed by atoms with Gasteiger partial charge in [-0.1, -0.05) is 56.3 Å². The molecular weight excluding hydrogens is 590 g/mol. The van der Waals surface area contributed by atoms with Gasteiger partial charge in [-0.3, -0.25) is 9.80 Å². The fourth-order valence-electron chi connectivity index (χ4n) is 5.52. The number of alkyl halides is 2. The highest BCUT2D eigenvalue weighted by Gasteiger charge is 2.29. The van der Waals surface area contributed by atoms with Crippen molar-refractivity contribution in [1.29, 1.82) is 0 Å². The first kappa shape index (κ1) is 33.9. The van der Waals surface area contributed by atoms with E-state index < -0.39 is 18.1 Å². The number of rotatable bonds is 9. The van der Waals surface area contributed by atoms with Gasteiger partial charge in [0.05, 0.1) is 17.3 Å². The van der Waals surface area contributed by atoms with Gasteiger partial charge in [-0.05, 0) is 56.4 Å². The highest BCUT2D eigenvalue weighted by molar-refractivity contribution is 6.31. The van der Waals surface area contributed by atoms with E-state index in [-0.39, 0.29) is 31.1 Å². The lowest BCUT2D eigenvalue weighted by Crippen LogP contribution is -2.52. The third-order valence-corrected chi connectivity index (χ3v) is 8.97. The molecule has 4 aliphatic rings. The standard InChI is InChI=1S/C28H30ClF4N5.C5H8.CH4/c1-18(16-36-9-11-37(12-10-36)21-3-2-4-21)38(22-7-8-24(30)23(29)14-22)17-20-6-5-19(13-25(20)31)26-15-27(28(32)33)35-34-26;1-5-3-2-4-5;/h5-8,13-14,21,28H,1-4,9-12,15-17H2;1-4H2;1H4. The predicted molar refractivity (Wildman–Crippen MR) is 173 cm³/mol. The largest absolute Gasteiger partial charge is 0.340 e. The molecule has 0 unspecified atom stereocenters. The molecular formula is C34H42ClF4N5. The van der Waals surface area contributed by atoms with Crippen LogP contribution in [-0.2, 0) is 6.54 Å². The fourth-order valence-corrected chi connectivity index (χ4v) is 5.69. The van der Waals surface area contributed by atoms with Gasteiger partial charge in [-0.2, -0.15) is 10.2 Å². The summed E-state index contributed by atoms with van der Waals surface area (Å²) in [6.45, 7) is 12.6. The van der Waals surface area contributed by atoms with Crippen LogP contribution in [0.5, 0.6) is 0 Å². The maximum Gasteiger partial charge on any atom is 0.278 e. The fraction of sp³-hybridized carbons (Fsp3) is 0.471. The third-order valence-electron chi connectivity index (χ3n) is 8.68. The van der Waals surface area contributed by atoms with Gasteiger partial charge in [0.1, 0.15) is 17.3 Å². The first-order valence-electron chi connectivity index (χ1n) is 14.9. The second kappa shape index (κ2) is 15.3. The number of hydrogen-bond acceptors (Lipinski definition) is 5. The van der Waals surface area contributed by atoms with Gasteiger partial charge >= 0.3 is 0 Å². The molecule has 0 radical (unpaired) electrons. The van der Waals surface area contributed by atoms with Crippen molar-refractivity contribution in [3.05, 3.63) is 88.6 Å². The van der Waals surface area contributed by atoms with E-state index >= 15 is 4.39 Å². The molecule has 2 aliphatic heterocycles. The summed E-state index contributed by atoms with van der Waals surface area (Å²) in [6.07, 6.45) is 5.05. The number of benzene rings is 2. The van der Waals surface area contributed by atoms with Crippen molar-refractivity contribution < 1.29 is 17.6 Å². The van der Waals surface area contributed by atoms with Crippen LogP contribution >= 0.6 is 11.6 Å². The van der Waals surface area contributed by atoms with Gasteiger partial charge in [0, 0.05) is 67.7 Å². The third kappa shape index (κ3) is 8.37. The van der Waals surface area contributed by atoms with Crippen LogP contribution in [0.1, 0.15) is 63.5 Å². The van der Waals surface area contributed by atoms with Gasteiger partial charge in [-0.25, -0.2) is 17.6 Å². The quantitative estimate of drug-likeness (QED) is 0.206. The summed E-state index contributed by atoms with van der Waals surface area (Å²) < 4.78 is 55.0. The lowest BCUT2D eigenvalue weighted by molar-refractivity contribution is 0.0653. The lowest BCUT2D eigenvalue weighted by Gasteiger charge is -2.43. The zero-order valence-electron chi connectivity index (χ0n) is 24.4. The van der Waals surface area contributed by atoms with Crippen molar-refractivity contribution in [2.45, 2.75) is 71.4 Å². The molecule has 44 heavy (non-hydrogen) atoms. The average molecular weight is 632 g/mol. The molecule has 0 aromatic heterocycles. The molecule has 0 spiro atoms. The minimum absolute atomic E-state index is 0. The van der Waals surface area contributed by atoms with Crippen LogP contribution in [0.3, 0.4) is 0 Å². The zero-order chi connectivity index (χ0) is 30.5. The van der Waals surface area contributed by atoms with Crippen LogP contribution in [0.4, 0.5) is 23.2 Å². The maximum atomic E-state index is 15.3. The lowest BCUT2D eigenvalue weighted by atomic mass is 9.91. The van der Waals surface area contributed by atoms with E-state index in [1.165, 1.54) is 62.3 Å². The van der Waals surface area contributed by atoms with E-state index in [9.17, 15) is 13.2 Å². The van der Waals surface area contributed by atoms with Gasteiger partial charge in [-0.15, -0.1) is 0 Å². The first-order chi connectivity index (χ1) is 20.7. The summed E-state index contributed by atoms with van der Waals surface area (Å²) in [5, 5.41) is 7.28. The smallest absolute Gasteiger partial charge is 0.278 e. The van der Waals surface area contributed by atoms with Crippen LogP contribution in [-0.4, -0.2) is 66.4 Å². The second-order valence-electron chi connectivity index (χ2n) is 11.7. The normalized spacial score (nSPS) is 18.8. The summed E-state index contributed by atoms with van der Waals surface area (Å²) in [7, 11) is 0. The Morgan fingerprint density at radius 1 is 0.977 bits per heavy atom. The van der Waals surface area contributed by atoms with E-state index in [1.807, 2.05) is 4.90 Å². The number of hydrogen-bond donors (Lipinski definition) is 0. The Balaban J connectivity index is 0.000000670. The molecule has 1 saturated heterocycles. The minimum atomic E-state index is -2.69. The number of allylic oxidation sites excluding steroid dienone is 1. The van der Waals surface area contributed by atoms with Crippen LogP contribution in [0, 0.1) is 11.6 Å². The Morgan fingerprint density at radius 2 is 1.68 bits per heavy atom. The van der Waals surface area contributed by atoms with Crippen molar-refractivity contribution in [1.82, 2.24) is 9.80 Å². The molecule has 2 heterocycles. The van der Waals surface area contributed by atoms with Crippen molar-refractivity contribution in [3.8, 4) is 0 Å². The SMILES string of the molecule is C.C=C(CN1CCN(C2CCC2)CC1)N(Cc1ccc(C2=NN=C(C(F)F)C2)cc1F)c1ccc(F)c(Cl)c1.C=C1CCC1. The Labute approximate surface area is 263 Å². The molecule has 10 heteroatoms. The molecule has 238 valence electrons. The molecule has 0 N–H and O–H groups in total. The second-order valence-corrected chi connectivity index (χ2v) is 12.1. The van der Waals surface area contributed by atoms with E-state index in [0.29, 0.717) is 35.1 Å². The topological polar surface area (TPSA) is 34.4 Å². The molecule has 0 bridgehead atoms. The molecule has 5 nitrogen and oxygen atoms in total. The highest BCUT2D eigenvalue weighted by Crippen LogP contribution is 2.29. The summed E-state index contributed by atoms with van der Waals surface area (Å²) in [4.78, 5) is 6.72. The van der Waals surface area contributed by atoms with E-state index in [2.05, 4.69) is 33.2 Å². The molecule has 2 aliphatic carbocycles. The van der Waals surface area contributed by atoms with Crippen molar-refractivity contribution in [2.24, 2.45) is 10.2 Å². The Morgan fingerprint density at radius 3 is 2.20 bits per heavy atom. The number of piperazine rings is 1. The first-order valence-corrected chi connectivity index (χ1v) is 15.3. The monoisotopic (exact) mass is 631 g/mol.